The van der Waals surface area contributed by atoms with Crippen molar-refractivity contribution in [2.45, 2.75) is 57.0 Å². The molecule has 4 rings (SSSR count). The third-order valence-corrected chi connectivity index (χ3v) is 5.67. The Morgan fingerprint density at radius 1 is 1.24 bits per heavy atom. The highest BCUT2D eigenvalue weighted by Crippen LogP contribution is 2.44. The molecule has 0 bridgehead atoms. The molecule has 2 saturated carbocycles. The van der Waals surface area contributed by atoms with Crippen molar-refractivity contribution in [2.24, 2.45) is 11.7 Å². The SMILES string of the molecule is CC1CCC(N)(c2nc3cc(Br)ccc3n2C2CC2)CC1. The standard InChI is InChI=1S/C17H22BrN3/c1-11-6-8-17(19,9-7-11)16-20-14-10-12(18)2-5-15(14)21(16)13-3-4-13/h2,5,10-11,13H,3-4,6-9,19H2,1H3. The number of hydrogen-bond acceptors (Lipinski definition) is 2. The molecule has 0 unspecified atom stereocenters. The second-order valence-electron chi connectivity index (χ2n) is 7.01. The lowest BCUT2D eigenvalue weighted by Crippen LogP contribution is -2.42. The van der Waals surface area contributed by atoms with Crippen LogP contribution in [0.3, 0.4) is 0 Å². The van der Waals surface area contributed by atoms with Gasteiger partial charge in [-0.05, 0) is 62.6 Å². The topological polar surface area (TPSA) is 43.8 Å². The zero-order valence-corrected chi connectivity index (χ0v) is 14.1. The van der Waals surface area contributed by atoms with Crippen molar-refractivity contribution in [2.75, 3.05) is 0 Å². The van der Waals surface area contributed by atoms with Gasteiger partial charge >= 0.3 is 0 Å². The average Bonchev–Trinajstić information content (AvgIpc) is 3.23. The maximum absolute atomic E-state index is 6.82. The van der Waals surface area contributed by atoms with Gasteiger partial charge < -0.3 is 10.3 Å². The van der Waals surface area contributed by atoms with Crippen molar-refractivity contribution in [1.29, 1.82) is 0 Å². The van der Waals surface area contributed by atoms with E-state index in [1.807, 2.05) is 0 Å². The van der Waals surface area contributed by atoms with Crippen molar-refractivity contribution in [3.05, 3.63) is 28.5 Å². The summed E-state index contributed by atoms with van der Waals surface area (Å²) in [4.78, 5) is 4.96. The summed E-state index contributed by atoms with van der Waals surface area (Å²) in [5.74, 6) is 1.93. The number of hydrogen-bond donors (Lipinski definition) is 1. The molecule has 3 nitrogen and oxygen atoms in total. The molecule has 2 N–H and O–H groups in total. The van der Waals surface area contributed by atoms with Gasteiger partial charge in [0.2, 0.25) is 0 Å². The molecular formula is C17H22BrN3. The molecule has 0 spiro atoms. The van der Waals surface area contributed by atoms with Crippen LogP contribution in [0.4, 0.5) is 0 Å². The van der Waals surface area contributed by atoms with Gasteiger partial charge in [-0.1, -0.05) is 22.9 Å². The Morgan fingerprint density at radius 2 is 1.95 bits per heavy atom. The first-order chi connectivity index (χ1) is 10.1. The Bertz CT molecular complexity index is 679. The van der Waals surface area contributed by atoms with E-state index >= 15 is 0 Å². The van der Waals surface area contributed by atoms with E-state index in [0.29, 0.717) is 6.04 Å². The van der Waals surface area contributed by atoms with Crippen LogP contribution in [0.15, 0.2) is 22.7 Å². The molecule has 0 aliphatic heterocycles. The predicted molar refractivity (Wildman–Crippen MR) is 89.2 cm³/mol. The lowest BCUT2D eigenvalue weighted by molar-refractivity contribution is 0.231. The quantitative estimate of drug-likeness (QED) is 0.869. The summed E-state index contributed by atoms with van der Waals surface area (Å²) in [6, 6.07) is 7.03. The minimum absolute atomic E-state index is 0.236. The Balaban J connectivity index is 1.85. The van der Waals surface area contributed by atoms with Crippen molar-refractivity contribution in [3.63, 3.8) is 0 Å². The number of imidazole rings is 1. The molecule has 21 heavy (non-hydrogen) atoms. The summed E-state index contributed by atoms with van der Waals surface area (Å²) in [6.45, 7) is 2.33. The van der Waals surface area contributed by atoms with E-state index in [1.54, 1.807) is 0 Å². The van der Waals surface area contributed by atoms with Crippen molar-refractivity contribution in [3.8, 4) is 0 Å². The smallest absolute Gasteiger partial charge is 0.130 e. The molecule has 2 aliphatic rings. The molecule has 4 heteroatoms. The van der Waals surface area contributed by atoms with E-state index in [4.69, 9.17) is 10.7 Å². The molecule has 0 saturated heterocycles. The Kier molecular flexibility index (Phi) is 3.16. The van der Waals surface area contributed by atoms with Gasteiger partial charge in [-0.2, -0.15) is 0 Å². The highest BCUT2D eigenvalue weighted by Gasteiger charge is 2.39. The molecular weight excluding hydrogens is 326 g/mol. The summed E-state index contributed by atoms with van der Waals surface area (Å²) in [5.41, 5.74) is 8.91. The number of aromatic nitrogens is 2. The van der Waals surface area contributed by atoms with E-state index in [2.05, 4.69) is 45.6 Å². The summed E-state index contributed by atoms with van der Waals surface area (Å²) < 4.78 is 3.53. The van der Waals surface area contributed by atoms with Crippen molar-refractivity contribution >= 4 is 27.0 Å². The molecule has 112 valence electrons. The second-order valence-corrected chi connectivity index (χ2v) is 7.92. The third-order valence-electron chi connectivity index (χ3n) is 5.18. The number of nitrogens with two attached hydrogens (primary N) is 1. The Morgan fingerprint density at radius 3 is 2.62 bits per heavy atom. The number of rotatable bonds is 2. The normalized spacial score (nSPS) is 30.0. The lowest BCUT2D eigenvalue weighted by atomic mass is 9.77. The van der Waals surface area contributed by atoms with Crippen molar-refractivity contribution < 1.29 is 0 Å². The monoisotopic (exact) mass is 347 g/mol. The summed E-state index contributed by atoms with van der Waals surface area (Å²) in [5, 5.41) is 0. The van der Waals surface area contributed by atoms with E-state index in [1.165, 1.54) is 31.2 Å². The number of fused-ring (bicyclic) bond motifs is 1. The van der Waals surface area contributed by atoms with E-state index in [-0.39, 0.29) is 5.54 Å². The third kappa shape index (κ3) is 2.33. The van der Waals surface area contributed by atoms with Gasteiger partial charge in [-0.3, -0.25) is 0 Å². The van der Waals surface area contributed by atoms with Gasteiger partial charge in [0.15, 0.2) is 0 Å². The zero-order valence-electron chi connectivity index (χ0n) is 12.5. The molecule has 0 radical (unpaired) electrons. The van der Waals surface area contributed by atoms with Crippen LogP contribution < -0.4 is 5.73 Å². The molecule has 2 aliphatic carbocycles. The average molecular weight is 348 g/mol. The Hall–Kier alpha value is -0.870. The minimum Gasteiger partial charge on any atom is -0.323 e. The molecule has 1 heterocycles. The van der Waals surface area contributed by atoms with Crippen LogP contribution in [0.5, 0.6) is 0 Å². The van der Waals surface area contributed by atoms with Gasteiger partial charge in [0.1, 0.15) is 5.82 Å². The number of halogens is 1. The summed E-state index contributed by atoms with van der Waals surface area (Å²) in [6.07, 6.45) is 7.08. The van der Waals surface area contributed by atoms with Gasteiger partial charge in [0.25, 0.3) is 0 Å². The molecule has 2 aromatic rings. The zero-order chi connectivity index (χ0) is 14.6. The highest BCUT2D eigenvalue weighted by atomic mass is 79.9. The minimum atomic E-state index is -0.236. The molecule has 2 fully saturated rings. The van der Waals surface area contributed by atoms with E-state index < -0.39 is 0 Å². The number of benzene rings is 1. The van der Waals surface area contributed by atoms with E-state index in [0.717, 1.165) is 34.6 Å². The molecule has 0 amide bonds. The van der Waals surface area contributed by atoms with Crippen LogP contribution in [0.1, 0.15) is 57.3 Å². The first-order valence-electron chi connectivity index (χ1n) is 8.04. The Labute approximate surface area is 134 Å². The largest absolute Gasteiger partial charge is 0.323 e. The van der Waals surface area contributed by atoms with Crippen LogP contribution >= 0.6 is 15.9 Å². The highest BCUT2D eigenvalue weighted by molar-refractivity contribution is 9.10. The lowest BCUT2D eigenvalue weighted by Gasteiger charge is -2.36. The fourth-order valence-corrected chi connectivity index (χ4v) is 3.98. The van der Waals surface area contributed by atoms with Crippen LogP contribution in [0.25, 0.3) is 11.0 Å². The van der Waals surface area contributed by atoms with Crippen molar-refractivity contribution in [1.82, 2.24) is 9.55 Å². The molecule has 1 aromatic carbocycles. The van der Waals surface area contributed by atoms with Crippen LogP contribution in [0, 0.1) is 5.92 Å². The number of nitrogens with zero attached hydrogens (tertiary/aromatic N) is 2. The van der Waals surface area contributed by atoms with Gasteiger partial charge in [-0.15, -0.1) is 0 Å². The van der Waals surface area contributed by atoms with Gasteiger partial charge in [-0.25, -0.2) is 4.98 Å². The maximum Gasteiger partial charge on any atom is 0.130 e. The van der Waals surface area contributed by atoms with E-state index in [9.17, 15) is 0 Å². The first-order valence-corrected chi connectivity index (χ1v) is 8.83. The first kappa shape index (κ1) is 13.8. The maximum atomic E-state index is 6.82. The fourth-order valence-electron chi connectivity index (χ4n) is 3.63. The fraction of sp³-hybridized carbons (Fsp3) is 0.588. The molecule has 1 aromatic heterocycles. The predicted octanol–water partition coefficient (Wildman–Crippen LogP) is 4.50. The second kappa shape index (κ2) is 4.82. The van der Waals surface area contributed by atoms with Crippen LogP contribution in [-0.4, -0.2) is 9.55 Å². The van der Waals surface area contributed by atoms with Gasteiger partial charge in [0.05, 0.1) is 16.6 Å². The summed E-state index contributed by atoms with van der Waals surface area (Å²) in [7, 11) is 0. The van der Waals surface area contributed by atoms with Crippen LogP contribution in [0.2, 0.25) is 0 Å². The van der Waals surface area contributed by atoms with Gasteiger partial charge in [0, 0.05) is 10.5 Å². The molecule has 0 atom stereocenters. The van der Waals surface area contributed by atoms with Crippen LogP contribution in [-0.2, 0) is 5.54 Å². The summed E-state index contributed by atoms with van der Waals surface area (Å²) >= 11 is 3.56.